The SMILES string of the molecule is CC(C)(C)OC(=O)N1CCC2(CC1)CC2c1cccnn1. The van der Waals surface area contributed by atoms with Gasteiger partial charge in [0.1, 0.15) is 5.60 Å². The topological polar surface area (TPSA) is 55.3 Å². The van der Waals surface area contributed by atoms with E-state index in [-0.39, 0.29) is 6.09 Å². The molecule has 5 heteroatoms. The first-order chi connectivity index (χ1) is 9.90. The second kappa shape index (κ2) is 4.97. The minimum Gasteiger partial charge on any atom is -0.444 e. The predicted molar refractivity (Wildman–Crippen MR) is 78.9 cm³/mol. The molecule has 0 aromatic carbocycles. The maximum Gasteiger partial charge on any atom is 0.410 e. The summed E-state index contributed by atoms with van der Waals surface area (Å²) < 4.78 is 5.44. The van der Waals surface area contributed by atoms with E-state index in [1.165, 1.54) is 6.42 Å². The molecule has 2 fully saturated rings. The summed E-state index contributed by atoms with van der Waals surface area (Å²) in [6.07, 6.45) is 4.77. The van der Waals surface area contributed by atoms with Gasteiger partial charge in [-0.25, -0.2) is 4.79 Å². The van der Waals surface area contributed by atoms with Crippen LogP contribution in [0.3, 0.4) is 0 Å². The molecule has 21 heavy (non-hydrogen) atoms. The first kappa shape index (κ1) is 14.3. The van der Waals surface area contributed by atoms with Gasteiger partial charge in [-0.3, -0.25) is 0 Å². The highest BCUT2D eigenvalue weighted by Crippen LogP contribution is 2.64. The summed E-state index contributed by atoms with van der Waals surface area (Å²) in [6, 6.07) is 4.01. The Kier molecular flexibility index (Phi) is 3.38. The molecule has 2 aliphatic rings. The molecule has 0 N–H and O–H groups in total. The number of piperidine rings is 1. The van der Waals surface area contributed by atoms with E-state index in [9.17, 15) is 4.79 Å². The van der Waals surface area contributed by atoms with E-state index in [2.05, 4.69) is 16.3 Å². The van der Waals surface area contributed by atoms with E-state index < -0.39 is 5.60 Å². The van der Waals surface area contributed by atoms with Crippen molar-refractivity contribution in [3.8, 4) is 0 Å². The Hall–Kier alpha value is -1.65. The summed E-state index contributed by atoms with van der Waals surface area (Å²) >= 11 is 0. The number of nitrogens with zero attached hydrogens (tertiary/aromatic N) is 3. The standard InChI is InChI=1S/C16H23N3O2/c1-15(2,3)21-14(20)19-9-6-16(7-10-19)11-12(16)13-5-4-8-17-18-13/h4-5,8,12H,6-7,9-11H2,1-3H3. The number of hydrogen-bond donors (Lipinski definition) is 0. The summed E-state index contributed by atoms with van der Waals surface area (Å²) in [5.74, 6) is 0.520. The molecule has 114 valence electrons. The van der Waals surface area contributed by atoms with Gasteiger partial charge in [0, 0.05) is 25.2 Å². The van der Waals surface area contributed by atoms with E-state index in [4.69, 9.17) is 4.74 Å². The molecule has 1 aliphatic carbocycles. The number of rotatable bonds is 1. The van der Waals surface area contributed by atoms with Gasteiger partial charge in [-0.15, -0.1) is 0 Å². The molecule has 0 radical (unpaired) electrons. The van der Waals surface area contributed by atoms with Crippen molar-refractivity contribution in [2.24, 2.45) is 5.41 Å². The average molecular weight is 289 g/mol. The van der Waals surface area contributed by atoms with Crippen molar-refractivity contribution < 1.29 is 9.53 Å². The van der Waals surface area contributed by atoms with Gasteiger partial charge in [0.2, 0.25) is 0 Å². The van der Waals surface area contributed by atoms with Crippen LogP contribution in [0.4, 0.5) is 4.79 Å². The minimum atomic E-state index is -0.423. The Morgan fingerprint density at radius 1 is 1.38 bits per heavy atom. The Balaban J connectivity index is 1.56. The van der Waals surface area contributed by atoms with Crippen LogP contribution in [0.5, 0.6) is 0 Å². The summed E-state index contributed by atoms with van der Waals surface area (Å²) in [5.41, 5.74) is 1.02. The molecule has 2 heterocycles. The van der Waals surface area contributed by atoms with Gasteiger partial charge >= 0.3 is 6.09 Å². The van der Waals surface area contributed by atoms with Crippen LogP contribution in [0.25, 0.3) is 0 Å². The van der Waals surface area contributed by atoms with Crippen LogP contribution in [0.1, 0.15) is 51.6 Å². The fourth-order valence-corrected chi connectivity index (χ4v) is 3.28. The lowest BCUT2D eigenvalue weighted by Gasteiger charge is -2.34. The first-order valence-electron chi connectivity index (χ1n) is 7.65. The zero-order chi connectivity index (χ0) is 15.1. The predicted octanol–water partition coefficient (Wildman–Crippen LogP) is 2.98. The Morgan fingerprint density at radius 3 is 2.67 bits per heavy atom. The number of aromatic nitrogens is 2. The molecule has 1 aromatic rings. The molecule has 1 spiro atoms. The van der Waals surface area contributed by atoms with Crippen molar-refractivity contribution in [3.63, 3.8) is 0 Å². The van der Waals surface area contributed by atoms with Crippen LogP contribution in [0, 0.1) is 5.41 Å². The van der Waals surface area contributed by atoms with Crippen molar-refractivity contribution in [1.82, 2.24) is 15.1 Å². The highest BCUT2D eigenvalue weighted by atomic mass is 16.6. The van der Waals surface area contributed by atoms with Crippen molar-refractivity contribution in [1.29, 1.82) is 0 Å². The third kappa shape index (κ3) is 3.01. The van der Waals surface area contributed by atoms with E-state index in [1.807, 2.05) is 31.7 Å². The molecular weight excluding hydrogens is 266 g/mol. The normalized spacial score (nSPS) is 24.0. The summed E-state index contributed by atoms with van der Waals surface area (Å²) in [6.45, 7) is 7.28. The second-order valence-corrected chi connectivity index (χ2v) is 7.23. The van der Waals surface area contributed by atoms with Crippen LogP contribution in [0.2, 0.25) is 0 Å². The van der Waals surface area contributed by atoms with Crippen molar-refractivity contribution in [2.75, 3.05) is 13.1 Å². The lowest BCUT2D eigenvalue weighted by Crippen LogP contribution is -2.42. The van der Waals surface area contributed by atoms with Crippen LogP contribution in [-0.4, -0.2) is 39.9 Å². The zero-order valence-electron chi connectivity index (χ0n) is 13.0. The van der Waals surface area contributed by atoms with Crippen LogP contribution in [0.15, 0.2) is 18.3 Å². The van der Waals surface area contributed by atoms with E-state index >= 15 is 0 Å². The van der Waals surface area contributed by atoms with Gasteiger partial charge in [-0.1, -0.05) is 0 Å². The Morgan fingerprint density at radius 2 is 2.10 bits per heavy atom. The molecule has 5 nitrogen and oxygen atoms in total. The number of likely N-dealkylation sites (tertiary alicyclic amines) is 1. The molecule has 0 bridgehead atoms. The van der Waals surface area contributed by atoms with Gasteiger partial charge in [-0.2, -0.15) is 10.2 Å². The van der Waals surface area contributed by atoms with Crippen LogP contribution in [-0.2, 0) is 4.74 Å². The molecule has 1 amide bonds. The summed E-state index contributed by atoms with van der Waals surface area (Å²) in [7, 11) is 0. The average Bonchev–Trinajstić information content (AvgIpc) is 3.12. The largest absolute Gasteiger partial charge is 0.444 e. The van der Waals surface area contributed by atoms with Gasteiger partial charge in [0.05, 0.1) is 5.69 Å². The molecular formula is C16H23N3O2. The maximum atomic E-state index is 12.1. The fourth-order valence-electron chi connectivity index (χ4n) is 3.28. The van der Waals surface area contributed by atoms with Crippen molar-refractivity contribution >= 4 is 6.09 Å². The third-order valence-electron chi connectivity index (χ3n) is 4.55. The second-order valence-electron chi connectivity index (χ2n) is 7.23. The van der Waals surface area contributed by atoms with Crippen molar-refractivity contribution in [2.45, 2.75) is 51.6 Å². The number of ether oxygens (including phenoxy) is 1. The quantitative estimate of drug-likeness (QED) is 0.797. The first-order valence-corrected chi connectivity index (χ1v) is 7.65. The van der Waals surface area contributed by atoms with Crippen molar-refractivity contribution in [3.05, 3.63) is 24.0 Å². The minimum absolute atomic E-state index is 0.186. The monoisotopic (exact) mass is 289 g/mol. The van der Waals surface area contributed by atoms with Gasteiger partial charge < -0.3 is 9.64 Å². The Labute approximate surface area is 125 Å². The van der Waals surface area contributed by atoms with Gasteiger partial charge in [0.15, 0.2) is 0 Å². The smallest absolute Gasteiger partial charge is 0.410 e. The highest BCUT2D eigenvalue weighted by molar-refractivity contribution is 5.68. The molecule has 1 aromatic heterocycles. The van der Waals surface area contributed by atoms with E-state index in [0.717, 1.165) is 31.6 Å². The lowest BCUT2D eigenvalue weighted by atomic mass is 9.90. The fraction of sp³-hybridized carbons (Fsp3) is 0.688. The number of carbonyl (C=O) groups is 1. The summed E-state index contributed by atoms with van der Waals surface area (Å²) in [5, 5.41) is 8.21. The zero-order valence-corrected chi connectivity index (χ0v) is 13.0. The molecule has 1 saturated heterocycles. The third-order valence-corrected chi connectivity index (χ3v) is 4.55. The number of amides is 1. The van der Waals surface area contributed by atoms with Gasteiger partial charge in [-0.05, 0) is 57.6 Å². The molecule has 1 saturated carbocycles. The number of carbonyl (C=O) groups excluding carboxylic acids is 1. The van der Waals surface area contributed by atoms with E-state index in [1.54, 1.807) is 6.20 Å². The molecule has 1 atom stereocenters. The molecule has 1 unspecified atom stereocenters. The molecule has 1 aliphatic heterocycles. The Bertz CT molecular complexity index is 516. The number of hydrogen-bond acceptors (Lipinski definition) is 4. The van der Waals surface area contributed by atoms with E-state index in [0.29, 0.717) is 11.3 Å². The molecule has 3 rings (SSSR count). The lowest BCUT2D eigenvalue weighted by molar-refractivity contribution is 0.0170. The van der Waals surface area contributed by atoms with Gasteiger partial charge in [0.25, 0.3) is 0 Å². The maximum absolute atomic E-state index is 12.1. The highest BCUT2D eigenvalue weighted by Gasteiger charge is 2.56. The van der Waals surface area contributed by atoms with Crippen LogP contribution < -0.4 is 0 Å². The summed E-state index contributed by atoms with van der Waals surface area (Å²) in [4.78, 5) is 13.9. The van der Waals surface area contributed by atoms with Crippen LogP contribution >= 0.6 is 0 Å².